The lowest BCUT2D eigenvalue weighted by molar-refractivity contribution is -0.132. The Kier molecular flexibility index (Phi) is 5.05. The standard InChI is InChI=1S/C11H23N3O/c1-13(2)9-6-11(15)14(3)10-4-7-12-8-5-10/h10,12H,4-9H2,1-3H3. The molecule has 15 heavy (non-hydrogen) atoms. The number of carbonyl (C=O) groups excluding carboxylic acids is 1. The van der Waals surface area contributed by atoms with Crippen LogP contribution in [0.5, 0.6) is 0 Å². The lowest BCUT2D eigenvalue weighted by atomic mass is 10.1. The molecule has 4 nitrogen and oxygen atoms in total. The first-order valence-corrected chi connectivity index (χ1v) is 5.72. The van der Waals surface area contributed by atoms with E-state index < -0.39 is 0 Å². The zero-order chi connectivity index (χ0) is 11.3. The summed E-state index contributed by atoms with van der Waals surface area (Å²) in [6, 6.07) is 0.445. The van der Waals surface area contributed by atoms with Crippen molar-refractivity contribution in [3.05, 3.63) is 0 Å². The molecule has 1 rings (SSSR count). The molecule has 0 saturated carbocycles. The van der Waals surface area contributed by atoms with Crippen molar-refractivity contribution in [2.24, 2.45) is 0 Å². The van der Waals surface area contributed by atoms with Crippen LogP contribution >= 0.6 is 0 Å². The second-order valence-electron chi connectivity index (χ2n) is 4.54. The number of rotatable bonds is 4. The molecule has 0 radical (unpaired) electrons. The van der Waals surface area contributed by atoms with Gasteiger partial charge in [0.2, 0.25) is 5.91 Å². The van der Waals surface area contributed by atoms with Crippen molar-refractivity contribution in [3.8, 4) is 0 Å². The van der Waals surface area contributed by atoms with Crippen LogP contribution in [0.3, 0.4) is 0 Å². The summed E-state index contributed by atoms with van der Waals surface area (Å²) in [5.74, 6) is 0.274. The fourth-order valence-electron chi connectivity index (χ4n) is 1.89. The van der Waals surface area contributed by atoms with E-state index >= 15 is 0 Å². The van der Waals surface area contributed by atoms with Gasteiger partial charge in [0, 0.05) is 26.1 Å². The zero-order valence-electron chi connectivity index (χ0n) is 10.1. The molecule has 1 aliphatic rings. The monoisotopic (exact) mass is 213 g/mol. The number of hydrogen-bond acceptors (Lipinski definition) is 3. The van der Waals surface area contributed by atoms with E-state index in [1.165, 1.54) is 0 Å². The van der Waals surface area contributed by atoms with Gasteiger partial charge >= 0.3 is 0 Å². The van der Waals surface area contributed by atoms with Gasteiger partial charge in [-0.2, -0.15) is 0 Å². The predicted octanol–water partition coefficient (Wildman–Crippen LogP) is 0.149. The molecular weight excluding hydrogens is 190 g/mol. The van der Waals surface area contributed by atoms with Crippen molar-refractivity contribution in [1.29, 1.82) is 0 Å². The largest absolute Gasteiger partial charge is 0.343 e. The van der Waals surface area contributed by atoms with Crippen molar-refractivity contribution < 1.29 is 4.79 Å². The summed E-state index contributed by atoms with van der Waals surface area (Å²) in [7, 11) is 5.93. The normalized spacial score (nSPS) is 18.1. The van der Waals surface area contributed by atoms with Gasteiger partial charge in [-0.05, 0) is 40.0 Å². The van der Waals surface area contributed by atoms with Crippen LogP contribution < -0.4 is 5.32 Å². The third-order valence-electron chi connectivity index (χ3n) is 3.02. The number of hydrogen-bond donors (Lipinski definition) is 1. The van der Waals surface area contributed by atoms with Crippen LogP contribution in [0.15, 0.2) is 0 Å². The van der Waals surface area contributed by atoms with Crippen LogP contribution in [0, 0.1) is 0 Å². The Morgan fingerprint density at radius 1 is 1.27 bits per heavy atom. The molecule has 0 atom stereocenters. The molecule has 88 valence electrons. The lowest BCUT2D eigenvalue weighted by Gasteiger charge is -2.32. The first kappa shape index (κ1) is 12.5. The first-order chi connectivity index (χ1) is 7.11. The molecule has 1 saturated heterocycles. The van der Waals surface area contributed by atoms with Gasteiger partial charge in [-0.25, -0.2) is 0 Å². The van der Waals surface area contributed by atoms with Crippen LogP contribution in [0.25, 0.3) is 0 Å². The minimum Gasteiger partial charge on any atom is -0.343 e. The smallest absolute Gasteiger partial charge is 0.223 e. The fraction of sp³-hybridized carbons (Fsp3) is 0.909. The van der Waals surface area contributed by atoms with Crippen molar-refractivity contribution in [2.45, 2.75) is 25.3 Å². The van der Waals surface area contributed by atoms with E-state index in [-0.39, 0.29) is 5.91 Å². The maximum atomic E-state index is 11.8. The molecule has 0 bridgehead atoms. The molecule has 0 aromatic heterocycles. The Morgan fingerprint density at radius 3 is 2.40 bits per heavy atom. The van der Waals surface area contributed by atoms with Crippen LogP contribution in [0.4, 0.5) is 0 Å². The molecule has 1 amide bonds. The number of piperidine rings is 1. The number of carbonyl (C=O) groups is 1. The average molecular weight is 213 g/mol. The average Bonchev–Trinajstić information content (AvgIpc) is 2.26. The molecule has 0 unspecified atom stereocenters. The van der Waals surface area contributed by atoms with Gasteiger partial charge in [0.05, 0.1) is 0 Å². The molecule has 1 aliphatic heterocycles. The maximum absolute atomic E-state index is 11.8. The third kappa shape index (κ3) is 4.18. The number of amides is 1. The Hall–Kier alpha value is -0.610. The van der Waals surface area contributed by atoms with Crippen molar-refractivity contribution in [2.75, 3.05) is 40.8 Å². The summed E-state index contributed by atoms with van der Waals surface area (Å²) in [5.41, 5.74) is 0. The Balaban J connectivity index is 2.30. The topological polar surface area (TPSA) is 35.6 Å². The first-order valence-electron chi connectivity index (χ1n) is 5.72. The van der Waals surface area contributed by atoms with E-state index in [0.29, 0.717) is 12.5 Å². The summed E-state index contributed by atoms with van der Waals surface area (Å²) >= 11 is 0. The second-order valence-corrected chi connectivity index (χ2v) is 4.54. The van der Waals surface area contributed by atoms with E-state index in [9.17, 15) is 4.79 Å². The fourth-order valence-corrected chi connectivity index (χ4v) is 1.89. The minimum absolute atomic E-state index is 0.274. The highest BCUT2D eigenvalue weighted by atomic mass is 16.2. The molecule has 1 fully saturated rings. The molecule has 0 aliphatic carbocycles. The van der Waals surface area contributed by atoms with Crippen molar-refractivity contribution in [1.82, 2.24) is 15.1 Å². The van der Waals surface area contributed by atoms with Crippen LogP contribution in [-0.4, -0.2) is 62.5 Å². The van der Waals surface area contributed by atoms with E-state index in [1.807, 2.05) is 30.9 Å². The Morgan fingerprint density at radius 2 is 1.87 bits per heavy atom. The molecule has 1 heterocycles. The van der Waals surface area contributed by atoms with E-state index in [0.717, 1.165) is 32.5 Å². The highest BCUT2D eigenvalue weighted by Gasteiger charge is 2.21. The van der Waals surface area contributed by atoms with E-state index in [2.05, 4.69) is 5.32 Å². The van der Waals surface area contributed by atoms with Gasteiger partial charge in [-0.1, -0.05) is 0 Å². The van der Waals surface area contributed by atoms with Crippen LogP contribution in [0.2, 0.25) is 0 Å². The number of nitrogens with one attached hydrogen (secondary N) is 1. The molecule has 4 heteroatoms. The second kappa shape index (κ2) is 6.08. The highest BCUT2D eigenvalue weighted by molar-refractivity contribution is 5.76. The molecule has 0 aromatic rings. The molecule has 0 spiro atoms. The summed E-state index contributed by atoms with van der Waals surface area (Å²) in [6.45, 7) is 2.92. The van der Waals surface area contributed by atoms with Crippen molar-refractivity contribution >= 4 is 5.91 Å². The summed E-state index contributed by atoms with van der Waals surface area (Å²) in [4.78, 5) is 15.8. The minimum atomic E-state index is 0.274. The van der Waals surface area contributed by atoms with Gasteiger partial charge in [-0.3, -0.25) is 4.79 Å². The van der Waals surface area contributed by atoms with E-state index in [1.54, 1.807) is 0 Å². The molecule has 1 N–H and O–H groups in total. The third-order valence-corrected chi connectivity index (χ3v) is 3.02. The van der Waals surface area contributed by atoms with Gasteiger partial charge in [0.15, 0.2) is 0 Å². The summed E-state index contributed by atoms with van der Waals surface area (Å²) in [6.07, 6.45) is 2.81. The number of nitrogens with zero attached hydrogens (tertiary/aromatic N) is 2. The SMILES string of the molecule is CN(C)CCC(=O)N(C)C1CCNCC1. The van der Waals surface area contributed by atoms with Crippen LogP contribution in [-0.2, 0) is 4.79 Å². The molecular formula is C11H23N3O. The maximum Gasteiger partial charge on any atom is 0.223 e. The highest BCUT2D eigenvalue weighted by Crippen LogP contribution is 2.10. The Bertz CT molecular complexity index is 200. The Labute approximate surface area is 92.6 Å². The zero-order valence-corrected chi connectivity index (χ0v) is 10.1. The van der Waals surface area contributed by atoms with E-state index in [4.69, 9.17) is 0 Å². The van der Waals surface area contributed by atoms with Gasteiger partial charge in [0.25, 0.3) is 0 Å². The van der Waals surface area contributed by atoms with Gasteiger partial charge in [0.1, 0.15) is 0 Å². The van der Waals surface area contributed by atoms with Crippen LogP contribution in [0.1, 0.15) is 19.3 Å². The van der Waals surface area contributed by atoms with Gasteiger partial charge in [-0.15, -0.1) is 0 Å². The molecule has 0 aromatic carbocycles. The lowest BCUT2D eigenvalue weighted by Crippen LogP contribution is -2.44. The van der Waals surface area contributed by atoms with Crippen molar-refractivity contribution in [3.63, 3.8) is 0 Å². The predicted molar refractivity (Wildman–Crippen MR) is 61.8 cm³/mol. The van der Waals surface area contributed by atoms with Gasteiger partial charge < -0.3 is 15.1 Å². The summed E-state index contributed by atoms with van der Waals surface area (Å²) < 4.78 is 0. The summed E-state index contributed by atoms with van der Waals surface area (Å²) in [5, 5.41) is 3.31. The quantitative estimate of drug-likeness (QED) is 0.722.